The second kappa shape index (κ2) is 12.9. The first kappa shape index (κ1) is 32.4. The predicted molar refractivity (Wildman–Crippen MR) is 242 cm³/mol. The number of hydrogen-bond acceptors (Lipinski definition) is 2. The lowest BCUT2D eigenvalue weighted by Gasteiger charge is -2.14. The number of para-hydroxylation sites is 2. The Morgan fingerprint density at radius 1 is 0.310 bits per heavy atom. The Kier molecular flexibility index (Phi) is 7.20. The van der Waals surface area contributed by atoms with Gasteiger partial charge in [0.1, 0.15) is 0 Å². The lowest BCUT2D eigenvalue weighted by molar-refractivity contribution is 1.15. The Hall–Kier alpha value is -7.82. The zero-order valence-corrected chi connectivity index (χ0v) is 31.4. The highest BCUT2D eigenvalue weighted by atomic mass is 15.0. The summed E-state index contributed by atoms with van der Waals surface area (Å²) in [6.07, 6.45) is 0. The third kappa shape index (κ3) is 4.95. The minimum atomic E-state index is 0.861. The fourth-order valence-corrected chi connectivity index (χ4v) is 9.08. The largest absolute Gasteiger partial charge is 0.307 e. The molecule has 58 heavy (non-hydrogen) atoms. The molecule has 0 saturated heterocycles. The second-order valence-corrected chi connectivity index (χ2v) is 15.0. The zero-order valence-electron chi connectivity index (χ0n) is 31.4. The van der Waals surface area contributed by atoms with Crippen molar-refractivity contribution in [3.63, 3.8) is 0 Å². The van der Waals surface area contributed by atoms with Gasteiger partial charge in [-0.1, -0.05) is 158 Å². The molecule has 0 unspecified atom stereocenters. The lowest BCUT2D eigenvalue weighted by atomic mass is 10.0. The molecule has 0 spiro atoms. The molecule has 12 aromatic rings. The number of aromatic nitrogens is 4. The van der Waals surface area contributed by atoms with Crippen molar-refractivity contribution >= 4 is 65.4 Å². The van der Waals surface area contributed by atoms with Crippen LogP contribution in [-0.2, 0) is 0 Å². The van der Waals surface area contributed by atoms with Gasteiger partial charge < -0.3 is 9.13 Å². The molecule has 4 heteroatoms. The monoisotopic (exact) mass is 738 g/mol. The molecular weight excluding hydrogens is 705 g/mol. The van der Waals surface area contributed by atoms with E-state index in [1.807, 2.05) is 12.1 Å². The lowest BCUT2D eigenvalue weighted by Crippen LogP contribution is -1.99. The van der Waals surface area contributed by atoms with E-state index in [0.29, 0.717) is 0 Å². The molecule has 4 nitrogen and oxygen atoms in total. The molecule has 12 rings (SSSR count). The SMILES string of the molecule is c1ccc(-c2nc3ccc(-c4cccc(-n5c6ccccc6c6ccc7c8c9ccccc9ccc8n(-c8ccccc8)c7c65)c4)cc3nc2-c2ccccc2)cc1. The summed E-state index contributed by atoms with van der Waals surface area (Å²) in [6, 6.07) is 73.7. The van der Waals surface area contributed by atoms with Crippen molar-refractivity contribution in [1.29, 1.82) is 0 Å². The van der Waals surface area contributed by atoms with Gasteiger partial charge in [-0.3, -0.25) is 0 Å². The molecule has 0 aliphatic rings. The summed E-state index contributed by atoms with van der Waals surface area (Å²) in [4.78, 5) is 10.5. The minimum Gasteiger partial charge on any atom is -0.307 e. The van der Waals surface area contributed by atoms with Crippen LogP contribution in [0.25, 0.3) is 110 Å². The van der Waals surface area contributed by atoms with Crippen LogP contribution in [0.4, 0.5) is 0 Å². The van der Waals surface area contributed by atoms with Crippen molar-refractivity contribution in [1.82, 2.24) is 19.1 Å². The van der Waals surface area contributed by atoms with Crippen LogP contribution < -0.4 is 0 Å². The highest BCUT2D eigenvalue weighted by molar-refractivity contribution is 6.28. The highest BCUT2D eigenvalue weighted by Crippen LogP contribution is 2.44. The molecule has 0 aliphatic carbocycles. The highest BCUT2D eigenvalue weighted by Gasteiger charge is 2.22. The summed E-state index contributed by atoms with van der Waals surface area (Å²) in [6.45, 7) is 0. The molecule has 3 aromatic heterocycles. The maximum atomic E-state index is 5.31. The Morgan fingerprint density at radius 3 is 1.66 bits per heavy atom. The number of benzene rings is 9. The summed E-state index contributed by atoms with van der Waals surface area (Å²) < 4.78 is 4.94. The Labute approximate surface area is 334 Å². The smallest absolute Gasteiger partial charge is 0.0973 e. The topological polar surface area (TPSA) is 35.6 Å². The van der Waals surface area contributed by atoms with E-state index >= 15 is 0 Å². The van der Waals surface area contributed by atoms with E-state index in [1.165, 1.54) is 54.4 Å². The fraction of sp³-hybridized carbons (Fsp3) is 0. The normalized spacial score (nSPS) is 11.8. The molecule has 0 amide bonds. The summed E-state index contributed by atoms with van der Waals surface area (Å²) in [7, 11) is 0. The molecular formula is C54H34N4. The standard InChI is InChI=1S/C54H34N4/c1-4-16-36(17-5-1)51-52(37-18-6-2-7-19-37)56-47-34-39(27-31-46(47)55-51)38-20-14-23-41(33-38)58-48-26-13-12-25-43(48)44-29-30-45-50-42-24-11-10-15-35(42)28-32-49(50)57(54(45)53(44)58)40-21-8-3-9-22-40/h1-34H. The first-order valence-electron chi connectivity index (χ1n) is 19.8. The van der Waals surface area contributed by atoms with E-state index in [1.54, 1.807) is 0 Å². The molecule has 0 bridgehead atoms. The van der Waals surface area contributed by atoms with Crippen LogP contribution in [0.1, 0.15) is 0 Å². The first-order valence-corrected chi connectivity index (χ1v) is 19.8. The van der Waals surface area contributed by atoms with E-state index in [4.69, 9.17) is 9.97 Å². The third-order valence-corrected chi connectivity index (χ3v) is 11.7. The van der Waals surface area contributed by atoms with Gasteiger partial charge in [-0.15, -0.1) is 0 Å². The van der Waals surface area contributed by atoms with E-state index in [0.717, 1.165) is 56.0 Å². The average molecular weight is 739 g/mol. The van der Waals surface area contributed by atoms with Crippen molar-refractivity contribution < 1.29 is 0 Å². The molecule has 9 aromatic carbocycles. The van der Waals surface area contributed by atoms with Crippen LogP contribution in [0.15, 0.2) is 206 Å². The molecule has 270 valence electrons. The van der Waals surface area contributed by atoms with Gasteiger partial charge in [0.15, 0.2) is 0 Å². The van der Waals surface area contributed by atoms with Crippen molar-refractivity contribution in [2.75, 3.05) is 0 Å². The van der Waals surface area contributed by atoms with Crippen LogP contribution in [-0.4, -0.2) is 19.1 Å². The minimum absolute atomic E-state index is 0.861. The molecule has 0 radical (unpaired) electrons. The summed E-state index contributed by atoms with van der Waals surface area (Å²) in [5.74, 6) is 0. The number of hydrogen-bond donors (Lipinski definition) is 0. The molecule has 0 fully saturated rings. The maximum Gasteiger partial charge on any atom is 0.0973 e. The van der Waals surface area contributed by atoms with Gasteiger partial charge in [0.25, 0.3) is 0 Å². The zero-order chi connectivity index (χ0) is 38.2. The predicted octanol–water partition coefficient (Wildman–Crippen LogP) is 14.0. The van der Waals surface area contributed by atoms with Gasteiger partial charge >= 0.3 is 0 Å². The van der Waals surface area contributed by atoms with Crippen molar-refractivity contribution in [2.24, 2.45) is 0 Å². The van der Waals surface area contributed by atoms with Crippen molar-refractivity contribution in [3.05, 3.63) is 206 Å². The number of fused-ring (bicyclic) bond motifs is 10. The molecule has 3 heterocycles. The van der Waals surface area contributed by atoms with Crippen LogP contribution in [0.3, 0.4) is 0 Å². The van der Waals surface area contributed by atoms with E-state index < -0.39 is 0 Å². The van der Waals surface area contributed by atoms with Gasteiger partial charge in [0.2, 0.25) is 0 Å². The van der Waals surface area contributed by atoms with Crippen LogP contribution in [0, 0.1) is 0 Å². The maximum absolute atomic E-state index is 5.31. The number of nitrogens with zero attached hydrogens (tertiary/aromatic N) is 4. The van der Waals surface area contributed by atoms with Gasteiger partial charge in [0.05, 0.1) is 44.5 Å². The van der Waals surface area contributed by atoms with E-state index in [9.17, 15) is 0 Å². The van der Waals surface area contributed by atoms with Gasteiger partial charge in [-0.05, 0) is 70.4 Å². The van der Waals surface area contributed by atoms with Crippen molar-refractivity contribution in [2.45, 2.75) is 0 Å². The fourth-order valence-electron chi connectivity index (χ4n) is 9.08. The average Bonchev–Trinajstić information content (AvgIpc) is 3.83. The van der Waals surface area contributed by atoms with E-state index in [2.05, 4.69) is 203 Å². The van der Waals surface area contributed by atoms with Crippen LogP contribution in [0.5, 0.6) is 0 Å². The second-order valence-electron chi connectivity index (χ2n) is 15.0. The van der Waals surface area contributed by atoms with Gasteiger partial charge in [-0.2, -0.15) is 0 Å². The molecule has 0 N–H and O–H groups in total. The molecule has 0 atom stereocenters. The Bertz CT molecular complexity index is 3550. The van der Waals surface area contributed by atoms with Crippen LogP contribution >= 0.6 is 0 Å². The first-order chi connectivity index (χ1) is 28.8. The van der Waals surface area contributed by atoms with Crippen molar-refractivity contribution in [3.8, 4) is 45.0 Å². The molecule has 0 saturated carbocycles. The van der Waals surface area contributed by atoms with Gasteiger partial charge in [0, 0.05) is 44.0 Å². The Morgan fingerprint density at radius 2 is 0.879 bits per heavy atom. The van der Waals surface area contributed by atoms with Crippen LogP contribution in [0.2, 0.25) is 0 Å². The summed E-state index contributed by atoms with van der Waals surface area (Å²) in [5, 5.41) is 7.45. The number of rotatable bonds is 5. The van der Waals surface area contributed by atoms with Gasteiger partial charge in [-0.25, -0.2) is 9.97 Å². The Balaban J connectivity index is 1.11. The molecule has 0 aliphatic heterocycles. The quantitative estimate of drug-likeness (QED) is 0.176. The summed E-state index contributed by atoms with van der Waals surface area (Å²) in [5.41, 5.74) is 14.8. The third-order valence-electron chi connectivity index (χ3n) is 11.7. The summed E-state index contributed by atoms with van der Waals surface area (Å²) >= 11 is 0. The van der Waals surface area contributed by atoms with E-state index in [-0.39, 0.29) is 0 Å².